The molecule has 2 aromatic rings. The van der Waals surface area contributed by atoms with Gasteiger partial charge in [0.25, 0.3) is 0 Å². The smallest absolute Gasteiger partial charge is 0.237 e. The lowest BCUT2D eigenvalue weighted by Crippen LogP contribution is -2.30. The summed E-state index contributed by atoms with van der Waals surface area (Å²) in [6.07, 6.45) is 2.12. The molecule has 0 unspecified atom stereocenters. The first-order valence-corrected chi connectivity index (χ1v) is 6.21. The zero-order valence-corrected chi connectivity index (χ0v) is 10.7. The molecule has 1 heterocycles. The van der Waals surface area contributed by atoms with E-state index in [4.69, 9.17) is 10.3 Å². The maximum absolute atomic E-state index is 5.99. The van der Waals surface area contributed by atoms with E-state index in [1.807, 2.05) is 32.0 Å². The summed E-state index contributed by atoms with van der Waals surface area (Å²) in [6, 6.07) is 10.3. The van der Waals surface area contributed by atoms with Crippen LogP contribution in [-0.4, -0.2) is 10.1 Å². The largest absolute Gasteiger partial charge is 0.338 e. The molecule has 0 atom stereocenters. The molecule has 0 bridgehead atoms. The maximum atomic E-state index is 5.99. The molecule has 0 aliphatic heterocycles. The lowest BCUT2D eigenvalue weighted by molar-refractivity contribution is 0.346. The SMILES string of the molecule is CC(C)(N)c1noc(C2(c3ccccc3)CC2)n1. The molecule has 0 radical (unpaired) electrons. The number of aromatic nitrogens is 2. The standard InChI is InChI=1S/C14H17N3O/c1-13(2,15)11-16-12(18-17-11)14(8-9-14)10-6-4-3-5-7-10/h3-7H,8-9,15H2,1-2H3. The average molecular weight is 243 g/mol. The van der Waals surface area contributed by atoms with Crippen molar-refractivity contribution in [3.8, 4) is 0 Å². The molecule has 1 fully saturated rings. The van der Waals surface area contributed by atoms with Gasteiger partial charge in [0.2, 0.25) is 5.89 Å². The van der Waals surface area contributed by atoms with Gasteiger partial charge in [-0.05, 0) is 32.3 Å². The Bertz CT molecular complexity index is 550. The summed E-state index contributed by atoms with van der Waals surface area (Å²) in [6.45, 7) is 3.76. The predicted molar refractivity (Wildman–Crippen MR) is 68.0 cm³/mol. The minimum atomic E-state index is -0.561. The van der Waals surface area contributed by atoms with Crippen LogP contribution >= 0.6 is 0 Å². The van der Waals surface area contributed by atoms with Gasteiger partial charge in [0.1, 0.15) is 0 Å². The Kier molecular flexibility index (Phi) is 2.32. The van der Waals surface area contributed by atoms with Crippen molar-refractivity contribution in [1.29, 1.82) is 0 Å². The van der Waals surface area contributed by atoms with E-state index >= 15 is 0 Å². The molecule has 1 aromatic carbocycles. The van der Waals surface area contributed by atoms with Gasteiger partial charge in [-0.15, -0.1) is 0 Å². The lowest BCUT2D eigenvalue weighted by atomic mass is 9.96. The number of hydrogen-bond acceptors (Lipinski definition) is 4. The molecule has 1 aliphatic carbocycles. The number of rotatable bonds is 3. The van der Waals surface area contributed by atoms with Gasteiger partial charge >= 0.3 is 0 Å². The minimum Gasteiger partial charge on any atom is -0.338 e. The molecule has 0 amide bonds. The van der Waals surface area contributed by atoms with Crippen LogP contribution in [0.3, 0.4) is 0 Å². The highest BCUT2D eigenvalue weighted by atomic mass is 16.5. The summed E-state index contributed by atoms with van der Waals surface area (Å²) in [4.78, 5) is 4.49. The number of nitrogens with zero attached hydrogens (tertiary/aromatic N) is 2. The number of benzene rings is 1. The zero-order chi connectivity index (χ0) is 12.8. The van der Waals surface area contributed by atoms with Gasteiger partial charge < -0.3 is 10.3 Å². The van der Waals surface area contributed by atoms with Crippen molar-refractivity contribution in [3.05, 3.63) is 47.6 Å². The van der Waals surface area contributed by atoms with Crippen LogP contribution in [0.1, 0.15) is 44.0 Å². The van der Waals surface area contributed by atoms with Crippen molar-refractivity contribution >= 4 is 0 Å². The van der Waals surface area contributed by atoms with Crippen LogP contribution in [0.4, 0.5) is 0 Å². The van der Waals surface area contributed by atoms with E-state index in [0.717, 1.165) is 12.8 Å². The van der Waals surface area contributed by atoms with E-state index in [2.05, 4.69) is 22.3 Å². The highest BCUT2D eigenvalue weighted by Crippen LogP contribution is 2.52. The Morgan fingerprint density at radius 2 is 1.89 bits per heavy atom. The monoisotopic (exact) mass is 243 g/mol. The Balaban J connectivity index is 1.99. The Hall–Kier alpha value is -1.68. The highest BCUT2D eigenvalue weighted by molar-refractivity contribution is 5.38. The third kappa shape index (κ3) is 1.73. The van der Waals surface area contributed by atoms with Crippen molar-refractivity contribution in [1.82, 2.24) is 10.1 Å². The highest BCUT2D eigenvalue weighted by Gasteiger charge is 2.51. The summed E-state index contributed by atoms with van der Waals surface area (Å²) in [5, 5.41) is 4.01. The summed E-state index contributed by atoms with van der Waals surface area (Å²) in [7, 11) is 0. The fourth-order valence-corrected chi connectivity index (χ4v) is 2.19. The molecule has 0 saturated heterocycles. The second kappa shape index (κ2) is 3.65. The van der Waals surface area contributed by atoms with Crippen LogP contribution in [0, 0.1) is 0 Å². The van der Waals surface area contributed by atoms with Crippen LogP contribution in [0.5, 0.6) is 0 Å². The van der Waals surface area contributed by atoms with E-state index in [1.54, 1.807) is 0 Å². The second-order valence-corrected chi connectivity index (χ2v) is 5.59. The lowest BCUT2D eigenvalue weighted by Gasteiger charge is -2.12. The van der Waals surface area contributed by atoms with E-state index < -0.39 is 5.54 Å². The normalized spacial score (nSPS) is 17.7. The fraction of sp³-hybridized carbons (Fsp3) is 0.429. The molecule has 3 rings (SSSR count). The van der Waals surface area contributed by atoms with E-state index in [9.17, 15) is 0 Å². The van der Waals surface area contributed by atoms with Crippen LogP contribution in [0.25, 0.3) is 0 Å². The van der Waals surface area contributed by atoms with Crippen LogP contribution < -0.4 is 5.73 Å². The predicted octanol–water partition coefficient (Wildman–Crippen LogP) is 2.34. The van der Waals surface area contributed by atoms with Crippen LogP contribution in [0.2, 0.25) is 0 Å². The molecular formula is C14H17N3O. The van der Waals surface area contributed by atoms with Gasteiger partial charge in [-0.3, -0.25) is 0 Å². The molecule has 1 aromatic heterocycles. The van der Waals surface area contributed by atoms with Gasteiger partial charge in [0.15, 0.2) is 5.82 Å². The van der Waals surface area contributed by atoms with Crippen LogP contribution in [-0.2, 0) is 11.0 Å². The van der Waals surface area contributed by atoms with Gasteiger partial charge in [-0.1, -0.05) is 35.5 Å². The quantitative estimate of drug-likeness (QED) is 0.898. The molecule has 1 saturated carbocycles. The summed E-state index contributed by atoms with van der Waals surface area (Å²) in [5.74, 6) is 1.27. The van der Waals surface area contributed by atoms with Crippen LogP contribution in [0.15, 0.2) is 34.9 Å². The average Bonchev–Trinajstić information content (AvgIpc) is 2.99. The first kappa shape index (κ1) is 11.4. The van der Waals surface area contributed by atoms with Crippen molar-refractivity contribution in [2.45, 2.75) is 37.6 Å². The number of hydrogen-bond donors (Lipinski definition) is 1. The zero-order valence-electron chi connectivity index (χ0n) is 10.7. The third-order valence-corrected chi connectivity index (χ3v) is 3.49. The van der Waals surface area contributed by atoms with E-state index in [-0.39, 0.29) is 5.41 Å². The number of nitrogens with two attached hydrogens (primary N) is 1. The molecule has 4 nitrogen and oxygen atoms in total. The maximum Gasteiger partial charge on any atom is 0.237 e. The van der Waals surface area contributed by atoms with Gasteiger partial charge in [0.05, 0.1) is 11.0 Å². The molecule has 2 N–H and O–H groups in total. The second-order valence-electron chi connectivity index (χ2n) is 5.59. The topological polar surface area (TPSA) is 64.9 Å². The summed E-state index contributed by atoms with van der Waals surface area (Å²) >= 11 is 0. The Labute approximate surface area is 106 Å². The molecule has 18 heavy (non-hydrogen) atoms. The molecular weight excluding hydrogens is 226 g/mol. The summed E-state index contributed by atoms with van der Waals surface area (Å²) < 4.78 is 5.43. The minimum absolute atomic E-state index is 0.0717. The molecule has 94 valence electrons. The van der Waals surface area contributed by atoms with Gasteiger partial charge in [-0.2, -0.15) is 4.98 Å². The molecule has 4 heteroatoms. The van der Waals surface area contributed by atoms with Gasteiger partial charge in [0, 0.05) is 0 Å². The van der Waals surface area contributed by atoms with Crippen molar-refractivity contribution in [2.24, 2.45) is 5.73 Å². The first-order valence-electron chi connectivity index (χ1n) is 6.21. The van der Waals surface area contributed by atoms with Crippen molar-refractivity contribution in [3.63, 3.8) is 0 Å². The van der Waals surface area contributed by atoms with Crippen molar-refractivity contribution < 1.29 is 4.52 Å². The van der Waals surface area contributed by atoms with E-state index in [0.29, 0.717) is 11.7 Å². The summed E-state index contributed by atoms with van der Waals surface area (Å²) in [5.41, 5.74) is 6.60. The van der Waals surface area contributed by atoms with E-state index in [1.165, 1.54) is 5.56 Å². The third-order valence-electron chi connectivity index (χ3n) is 3.49. The molecule has 1 aliphatic rings. The van der Waals surface area contributed by atoms with Crippen molar-refractivity contribution in [2.75, 3.05) is 0 Å². The Morgan fingerprint density at radius 1 is 1.22 bits per heavy atom. The van der Waals surface area contributed by atoms with Gasteiger partial charge in [-0.25, -0.2) is 0 Å². The first-order chi connectivity index (χ1) is 8.52. The molecule has 0 spiro atoms. The Morgan fingerprint density at radius 3 is 2.39 bits per heavy atom. The fourth-order valence-electron chi connectivity index (χ4n) is 2.19.